The fourth-order valence-corrected chi connectivity index (χ4v) is 8.55. The highest BCUT2D eigenvalue weighted by molar-refractivity contribution is 5.93. The summed E-state index contributed by atoms with van der Waals surface area (Å²) in [5.41, 5.74) is 2.39. The van der Waals surface area contributed by atoms with Crippen molar-refractivity contribution in [2.24, 2.45) is 23.2 Å². The summed E-state index contributed by atoms with van der Waals surface area (Å²) in [6.07, 6.45) is 14.3. The largest absolute Gasteiger partial charge is 0.350 e. The number of nitrogens with zero attached hydrogens (tertiary/aromatic N) is 4. The highest BCUT2D eigenvalue weighted by Gasteiger charge is 2.50. The van der Waals surface area contributed by atoms with Crippen molar-refractivity contribution in [1.29, 1.82) is 0 Å². The molecule has 0 atom stereocenters. The number of nitrogens with one attached hydrogen (secondary N) is 1. The number of hydrogen-bond donors (Lipinski definition) is 1. The van der Waals surface area contributed by atoms with E-state index >= 15 is 0 Å². The van der Waals surface area contributed by atoms with Crippen molar-refractivity contribution in [3.05, 3.63) is 35.8 Å². The normalized spacial score (nSPS) is 32.1. The number of fused-ring (bicyclic) bond motifs is 1. The predicted molar refractivity (Wildman–Crippen MR) is 138 cm³/mol. The molecule has 0 unspecified atom stereocenters. The summed E-state index contributed by atoms with van der Waals surface area (Å²) in [5.74, 6) is 2.75. The van der Waals surface area contributed by atoms with E-state index in [1.165, 1.54) is 57.8 Å². The van der Waals surface area contributed by atoms with Gasteiger partial charge in [-0.2, -0.15) is 0 Å². The molecule has 5 aliphatic carbocycles. The monoisotopic (exact) mass is 489 g/mol. The second-order valence-corrected chi connectivity index (χ2v) is 12.6. The van der Waals surface area contributed by atoms with E-state index in [2.05, 4.69) is 10.2 Å². The van der Waals surface area contributed by atoms with Gasteiger partial charge in [-0.15, -0.1) is 0 Å². The molecule has 192 valence electrons. The van der Waals surface area contributed by atoms with Gasteiger partial charge in [0, 0.05) is 45.0 Å². The van der Waals surface area contributed by atoms with Gasteiger partial charge in [0.1, 0.15) is 11.3 Å². The van der Waals surface area contributed by atoms with E-state index < -0.39 is 0 Å². The number of amides is 2. The van der Waals surface area contributed by atoms with Crippen LogP contribution in [0.2, 0.25) is 0 Å². The van der Waals surface area contributed by atoms with Crippen molar-refractivity contribution in [2.75, 3.05) is 32.7 Å². The van der Waals surface area contributed by atoms with E-state index in [1.54, 1.807) is 0 Å². The molecule has 6 fully saturated rings. The predicted octanol–water partition coefficient (Wildman–Crippen LogP) is 3.52. The molecule has 8 rings (SSSR count). The summed E-state index contributed by atoms with van der Waals surface area (Å²) in [7, 11) is 0. The van der Waals surface area contributed by atoms with Crippen LogP contribution < -0.4 is 5.32 Å². The van der Waals surface area contributed by atoms with E-state index in [1.807, 2.05) is 33.7 Å². The quantitative estimate of drug-likeness (QED) is 0.674. The van der Waals surface area contributed by atoms with Crippen molar-refractivity contribution < 1.29 is 9.59 Å². The fraction of sp³-hybridized carbons (Fsp3) is 0.690. The number of imidazole rings is 1. The molecule has 36 heavy (non-hydrogen) atoms. The first-order valence-corrected chi connectivity index (χ1v) is 14.3. The zero-order chi connectivity index (χ0) is 24.3. The Balaban J connectivity index is 0.999. The lowest BCUT2D eigenvalue weighted by Crippen LogP contribution is -2.53. The molecule has 0 spiro atoms. The molecular formula is C29H39N5O2. The van der Waals surface area contributed by atoms with Crippen LogP contribution in [0.5, 0.6) is 0 Å². The number of pyridine rings is 1. The minimum atomic E-state index is -0.0289. The first-order chi connectivity index (χ1) is 17.5. The van der Waals surface area contributed by atoms with Gasteiger partial charge < -0.3 is 10.2 Å². The van der Waals surface area contributed by atoms with Gasteiger partial charge in [0.15, 0.2) is 0 Å². The van der Waals surface area contributed by atoms with Crippen molar-refractivity contribution in [2.45, 2.75) is 70.3 Å². The summed E-state index contributed by atoms with van der Waals surface area (Å²) in [6.45, 7) is 4.37. The van der Waals surface area contributed by atoms with E-state index in [0.717, 1.165) is 67.9 Å². The Kier molecular flexibility index (Phi) is 5.60. The number of carbonyl (C=O) groups is 2. The maximum Gasteiger partial charge on any atom is 0.268 e. The van der Waals surface area contributed by atoms with E-state index in [9.17, 15) is 9.59 Å². The highest BCUT2D eigenvalue weighted by Crippen LogP contribution is 2.59. The SMILES string of the molecule is O=C(NCC12CC3CC(CC(C3)C1)C2)c1cccc2nc(CC(=O)N3CCN(C4CCC4)CC3)cn12. The lowest BCUT2D eigenvalue weighted by atomic mass is 9.49. The van der Waals surface area contributed by atoms with Crippen molar-refractivity contribution in [3.63, 3.8) is 0 Å². The number of hydrogen-bond acceptors (Lipinski definition) is 4. The maximum atomic E-state index is 13.3. The molecule has 2 aromatic heterocycles. The number of carbonyl (C=O) groups excluding carboxylic acids is 2. The first kappa shape index (κ1) is 22.8. The molecule has 7 heteroatoms. The van der Waals surface area contributed by atoms with Crippen LogP contribution in [0.1, 0.15) is 74.0 Å². The molecule has 1 saturated heterocycles. The third kappa shape index (κ3) is 4.13. The minimum Gasteiger partial charge on any atom is -0.350 e. The Morgan fingerprint density at radius 2 is 1.67 bits per heavy atom. The van der Waals surface area contributed by atoms with Gasteiger partial charge in [-0.1, -0.05) is 12.5 Å². The maximum absolute atomic E-state index is 13.3. The number of aromatic nitrogens is 2. The molecule has 5 saturated carbocycles. The highest BCUT2D eigenvalue weighted by atomic mass is 16.2. The zero-order valence-electron chi connectivity index (χ0n) is 21.3. The van der Waals surface area contributed by atoms with E-state index in [0.29, 0.717) is 17.5 Å². The fourth-order valence-electron chi connectivity index (χ4n) is 8.55. The van der Waals surface area contributed by atoms with Gasteiger partial charge in [-0.05, 0) is 86.7 Å². The second-order valence-electron chi connectivity index (χ2n) is 12.6. The van der Waals surface area contributed by atoms with Crippen molar-refractivity contribution in [1.82, 2.24) is 24.5 Å². The van der Waals surface area contributed by atoms with Gasteiger partial charge in [-0.3, -0.25) is 18.9 Å². The average molecular weight is 490 g/mol. The van der Waals surface area contributed by atoms with Crippen LogP contribution in [-0.2, 0) is 11.2 Å². The first-order valence-electron chi connectivity index (χ1n) is 14.3. The molecule has 6 aliphatic rings. The van der Waals surface area contributed by atoms with Crippen LogP contribution in [0.25, 0.3) is 5.65 Å². The molecule has 1 N–H and O–H groups in total. The van der Waals surface area contributed by atoms with Gasteiger partial charge in [0.2, 0.25) is 5.91 Å². The Hall–Kier alpha value is -2.41. The third-order valence-corrected chi connectivity index (χ3v) is 10.2. The Morgan fingerprint density at radius 1 is 0.972 bits per heavy atom. The molecule has 0 aromatic carbocycles. The minimum absolute atomic E-state index is 0.0289. The summed E-state index contributed by atoms with van der Waals surface area (Å²) in [4.78, 5) is 35.5. The smallest absolute Gasteiger partial charge is 0.268 e. The molecule has 4 bridgehead atoms. The van der Waals surface area contributed by atoms with Gasteiger partial charge >= 0.3 is 0 Å². The summed E-state index contributed by atoms with van der Waals surface area (Å²) in [5, 5.41) is 3.31. The summed E-state index contributed by atoms with van der Waals surface area (Å²) in [6, 6.07) is 6.43. The van der Waals surface area contributed by atoms with Crippen LogP contribution in [0.15, 0.2) is 24.4 Å². The van der Waals surface area contributed by atoms with Crippen LogP contribution >= 0.6 is 0 Å². The zero-order valence-corrected chi connectivity index (χ0v) is 21.3. The van der Waals surface area contributed by atoms with Crippen LogP contribution in [-0.4, -0.2) is 69.8 Å². The van der Waals surface area contributed by atoms with Crippen molar-refractivity contribution >= 4 is 17.5 Å². The molecule has 2 aromatic rings. The standard InChI is InChI=1S/C29H39N5O2/c35-27(33-9-7-32(8-10-33)24-3-1-4-24)14-23-18-34-25(5-2-6-26(34)31-23)28(36)30-19-29-15-20-11-21(16-29)13-22(12-20)17-29/h2,5-6,18,20-22,24H,1,3-4,7-17,19H2,(H,30,36). The Morgan fingerprint density at radius 3 is 2.31 bits per heavy atom. The van der Waals surface area contributed by atoms with Gasteiger partial charge in [-0.25, -0.2) is 4.98 Å². The van der Waals surface area contributed by atoms with Crippen molar-refractivity contribution in [3.8, 4) is 0 Å². The Labute approximate surface area is 213 Å². The van der Waals surface area contributed by atoms with Gasteiger partial charge in [0.25, 0.3) is 5.91 Å². The summed E-state index contributed by atoms with van der Waals surface area (Å²) < 4.78 is 1.87. The number of piperazine rings is 1. The lowest BCUT2D eigenvalue weighted by Gasteiger charge is -2.56. The molecule has 2 amide bonds. The second kappa shape index (κ2) is 8.86. The molecule has 0 radical (unpaired) electrons. The number of rotatable bonds is 6. The van der Waals surface area contributed by atoms with Crippen LogP contribution in [0.4, 0.5) is 0 Å². The van der Waals surface area contributed by atoms with E-state index in [4.69, 9.17) is 4.98 Å². The Bertz CT molecular complexity index is 1120. The third-order valence-electron chi connectivity index (χ3n) is 10.2. The molecular weight excluding hydrogens is 450 g/mol. The topological polar surface area (TPSA) is 70.0 Å². The lowest BCUT2D eigenvalue weighted by molar-refractivity contribution is -0.132. The van der Waals surface area contributed by atoms with Crippen LogP contribution in [0, 0.1) is 23.2 Å². The molecule has 7 nitrogen and oxygen atoms in total. The average Bonchev–Trinajstić information content (AvgIpc) is 3.23. The van der Waals surface area contributed by atoms with Crippen LogP contribution in [0.3, 0.4) is 0 Å². The van der Waals surface area contributed by atoms with E-state index in [-0.39, 0.29) is 11.8 Å². The van der Waals surface area contributed by atoms with Gasteiger partial charge in [0.05, 0.1) is 12.1 Å². The molecule has 1 aliphatic heterocycles. The summed E-state index contributed by atoms with van der Waals surface area (Å²) >= 11 is 0. The molecule has 3 heterocycles.